The second kappa shape index (κ2) is 3.64. The molecule has 0 saturated carbocycles. The second-order valence-corrected chi connectivity index (χ2v) is 5.03. The molecule has 80 valence electrons. The minimum absolute atomic E-state index is 0.814. The van der Waals surface area contributed by atoms with E-state index in [4.69, 9.17) is 0 Å². The van der Waals surface area contributed by atoms with E-state index in [0.29, 0.717) is 0 Å². The van der Waals surface area contributed by atoms with Crippen LogP contribution >= 0.6 is 0 Å². The van der Waals surface area contributed by atoms with Gasteiger partial charge in [-0.05, 0) is 56.3 Å². The summed E-state index contributed by atoms with van der Waals surface area (Å²) in [5, 5.41) is 0. The molecule has 2 atom stereocenters. The number of nitrogens with zero attached hydrogens (tertiary/aromatic N) is 1. The van der Waals surface area contributed by atoms with Crippen LogP contribution in [0.1, 0.15) is 36.3 Å². The van der Waals surface area contributed by atoms with Crippen molar-refractivity contribution in [3.05, 3.63) is 35.4 Å². The van der Waals surface area contributed by atoms with Crippen molar-refractivity contribution in [2.24, 2.45) is 0 Å². The van der Waals surface area contributed by atoms with Crippen LogP contribution in [0.3, 0.4) is 0 Å². The fraction of sp³-hybridized carbons (Fsp3) is 0.571. The molecule has 1 heteroatoms. The summed E-state index contributed by atoms with van der Waals surface area (Å²) in [6.07, 6.45) is 5.40. The van der Waals surface area contributed by atoms with E-state index < -0.39 is 0 Å². The maximum atomic E-state index is 2.57. The molecule has 0 amide bonds. The molecule has 0 unspecified atom stereocenters. The first-order chi connectivity index (χ1) is 7.36. The van der Waals surface area contributed by atoms with Crippen molar-refractivity contribution < 1.29 is 0 Å². The fourth-order valence-electron chi connectivity index (χ4n) is 3.44. The molecule has 1 aromatic rings. The average molecular weight is 201 g/mol. The summed E-state index contributed by atoms with van der Waals surface area (Å²) in [4.78, 5) is 2.57. The SMILES string of the molecule is CN1CCC[C@@H]2c3ccccc3CC[C@@H]21. The first kappa shape index (κ1) is 9.41. The van der Waals surface area contributed by atoms with Crippen LogP contribution in [0.15, 0.2) is 24.3 Å². The average Bonchev–Trinajstić information content (AvgIpc) is 2.29. The van der Waals surface area contributed by atoms with Gasteiger partial charge in [0.2, 0.25) is 0 Å². The molecule has 0 aromatic heterocycles. The molecule has 3 rings (SSSR count). The van der Waals surface area contributed by atoms with Crippen molar-refractivity contribution in [2.75, 3.05) is 13.6 Å². The maximum absolute atomic E-state index is 2.57. The molecule has 1 aliphatic carbocycles. The van der Waals surface area contributed by atoms with Gasteiger partial charge in [0.05, 0.1) is 0 Å². The van der Waals surface area contributed by atoms with E-state index in [1.165, 1.54) is 32.2 Å². The van der Waals surface area contributed by atoms with Crippen LogP contribution in [0, 0.1) is 0 Å². The molecule has 0 bridgehead atoms. The van der Waals surface area contributed by atoms with Crippen LogP contribution in [-0.4, -0.2) is 24.5 Å². The van der Waals surface area contributed by atoms with Gasteiger partial charge in [-0.3, -0.25) is 0 Å². The normalized spacial score (nSPS) is 30.7. The predicted octanol–water partition coefficient (Wildman–Crippen LogP) is 2.81. The third-order valence-electron chi connectivity index (χ3n) is 4.22. The van der Waals surface area contributed by atoms with Crippen molar-refractivity contribution in [2.45, 2.75) is 37.6 Å². The summed E-state index contributed by atoms with van der Waals surface area (Å²) >= 11 is 0. The molecule has 1 nitrogen and oxygen atoms in total. The van der Waals surface area contributed by atoms with Crippen LogP contribution in [0.5, 0.6) is 0 Å². The van der Waals surface area contributed by atoms with E-state index in [9.17, 15) is 0 Å². The van der Waals surface area contributed by atoms with Crippen LogP contribution in [0.25, 0.3) is 0 Å². The molecule has 2 aliphatic rings. The van der Waals surface area contributed by atoms with Gasteiger partial charge < -0.3 is 4.90 Å². The van der Waals surface area contributed by atoms with Gasteiger partial charge in [-0.15, -0.1) is 0 Å². The standard InChI is InChI=1S/C14H19N/c1-15-10-4-7-13-12-6-3-2-5-11(12)8-9-14(13)15/h2-3,5-6,13-14H,4,7-10H2,1H3/t13-,14+/m1/s1. The highest BCUT2D eigenvalue weighted by Crippen LogP contribution is 2.39. The van der Waals surface area contributed by atoms with Gasteiger partial charge in [0, 0.05) is 6.04 Å². The van der Waals surface area contributed by atoms with Gasteiger partial charge in [0.25, 0.3) is 0 Å². The van der Waals surface area contributed by atoms with Gasteiger partial charge in [-0.25, -0.2) is 0 Å². The maximum Gasteiger partial charge on any atom is 0.0164 e. The molecular weight excluding hydrogens is 182 g/mol. The number of likely N-dealkylation sites (N-methyl/N-ethyl adjacent to an activating group) is 1. The van der Waals surface area contributed by atoms with Crippen LogP contribution in [0.4, 0.5) is 0 Å². The van der Waals surface area contributed by atoms with Crippen LogP contribution in [0.2, 0.25) is 0 Å². The summed E-state index contributed by atoms with van der Waals surface area (Å²) in [7, 11) is 2.30. The molecule has 1 aromatic carbocycles. The van der Waals surface area contributed by atoms with Gasteiger partial charge in [-0.2, -0.15) is 0 Å². The predicted molar refractivity (Wildman–Crippen MR) is 63.2 cm³/mol. The number of aryl methyl sites for hydroxylation is 1. The smallest absolute Gasteiger partial charge is 0.0164 e. The molecule has 1 aliphatic heterocycles. The summed E-state index contributed by atoms with van der Waals surface area (Å²) < 4.78 is 0. The molecule has 1 heterocycles. The number of hydrogen-bond donors (Lipinski definition) is 0. The molecular formula is C14H19N. The Morgan fingerprint density at radius 3 is 3.00 bits per heavy atom. The zero-order chi connectivity index (χ0) is 10.3. The van der Waals surface area contributed by atoms with Crippen molar-refractivity contribution in [1.29, 1.82) is 0 Å². The lowest BCUT2D eigenvalue weighted by molar-refractivity contribution is 0.143. The topological polar surface area (TPSA) is 3.24 Å². The minimum atomic E-state index is 0.814. The van der Waals surface area contributed by atoms with Gasteiger partial charge in [0.15, 0.2) is 0 Å². The Balaban J connectivity index is 1.99. The summed E-state index contributed by atoms with van der Waals surface area (Å²) in [5.74, 6) is 0.814. The van der Waals surface area contributed by atoms with E-state index in [1.807, 2.05) is 0 Å². The quantitative estimate of drug-likeness (QED) is 0.624. The summed E-state index contributed by atoms with van der Waals surface area (Å²) in [6.45, 7) is 1.29. The number of likely N-dealkylation sites (tertiary alicyclic amines) is 1. The third kappa shape index (κ3) is 1.50. The Labute approximate surface area is 92.1 Å². The van der Waals surface area contributed by atoms with E-state index >= 15 is 0 Å². The number of rotatable bonds is 0. The lowest BCUT2D eigenvalue weighted by Crippen LogP contribution is -2.43. The number of hydrogen-bond acceptors (Lipinski definition) is 1. The largest absolute Gasteiger partial charge is 0.303 e. The Morgan fingerprint density at radius 1 is 1.20 bits per heavy atom. The number of piperidine rings is 1. The first-order valence-corrected chi connectivity index (χ1v) is 6.14. The lowest BCUT2D eigenvalue weighted by Gasteiger charge is -2.43. The van der Waals surface area contributed by atoms with E-state index in [1.54, 1.807) is 11.1 Å². The van der Waals surface area contributed by atoms with E-state index in [2.05, 4.69) is 36.2 Å². The van der Waals surface area contributed by atoms with Crippen molar-refractivity contribution in [3.8, 4) is 0 Å². The van der Waals surface area contributed by atoms with Gasteiger partial charge >= 0.3 is 0 Å². The van der Waals surface area contributed by atoms with Crippen molar-refractivity contribution in [3.63, 3.8) is 0 Å². The van der Waals surface area contributed by atoms with Gasteiger partial charge in [0.1, 0.15) is 0 Å². The first-order valence-electron chi connectivity index (χ1n) is 6.14. The molecule has 0 radical (unpaired) electrons. The zero-order valence-electron chi connectivity index (χ0n) is 9.45. The Hall–Kier alpha value is -0.820. The Kier molecular flexibility index (Phi) is 2.28. The second-order valence-electron chi connectivity index (χ2n) is 5.03. The fourth-order valence-corrected chi connectivity index (χ4v) is 3.44. The van der Waals surface area contributed by atoms with Crippen molar-refractivity contribution >= 4 is 0 Å². The number of benzene rings is 1. The van der Waals surface area contributed by atoms with Crippen molar-refractivity contribution in [1.82, 2.24) is 4.90 Å². The van der Waals surface area contributed by atoms with Crippen LogP contribution < -0.4 is 0 Å². The number of fused-ring (bicyclic) bond motifs is 3. The van der Waals surface area contributed by atoms with E-state index in [-0.39, 0.29) is 0 Å². The molecule has 15 heavy (non-hydrogen) atoms. The Morgan fingerprint density at radius 2 is 2.07 bits per heavy atom. The molecule has 0 spiro atoms. The lowest BCUT2D eigenvalue weighted by atomic mass is 9.74. The summed E-state index contributed by atoms with van der Waals surface area (Å²) in [5.41, 5.74) is 3.24. The monoisotopic (exact) mass is 201 g/mol. The molecule has 1 saturated heterocycles. The highest BCUT2D eigenvalue weighted by atomic mass is 15.1. The summed E-state index contributed by atoms with van der Waals surface area (Å²) in [6, 6.07) is 9.88. The highest BCUT2D eigenvalue weighted by Gasteiger charge is 2.33. The Bertz CT molecular complexity index is 358. The van der Waals surface area contributed by atoms with Gasteiger partial charge in [-0.1, -0.05) is 24.3 Å². The molecule has 1 fully saturated rings. The van der Waals surface area contributed by atoms with Crippen LogP contribution in [-0.2, 0) is 6.42 Å². The molecule has 0 N–H and O–H groups in total. The zero-order valence-corrected chi connectivity index (χ0v) is 9.45. The minimum Gasteiger partial charge on any atom is -0.303 e. The van der Waals surface area contributed by atoms with E-state index in [0.717, 1.165) is 12.0 Å². The third-order valence-corrected chi connectivity index (χ3v) is 4.22. The highest BCUT2D eigenvalue weighted by molar-refractivity contribution is 5.34.